The molecule has 1 aromatic carbocycles. The summed E-state index contributed by atoms with van der Waals surface area (Å²) in [7, 11) is 0. The van der Waals surface area contributed by atoms with E-state index in [0.717, 1.165) is 43.7 Å². The van der Waals surface area contributed by atoms with E-state index in [9.17, 15) is 4.79 Å². The van der Waals surface area contributed by atoms with E-state index in [-0.39, 0.29) is 11.5 Å². The zero-order chi connectivity index (χ0) is 18.8. The van der Waals surface area contributed by atoms with E-state index in [1.54, 1.807) is 17.0 Å². The Labute approximate surface area is 159 Å². The molecule has 1 aliphatic rings. The molecule has 0 spiro atoms. The van der Waals surface area contributed by atoms with Gasteiger partial charge < -0.3 is 4.90 Å². The van der Waals surface area contributed by atoms with Crippen LogP contribution in [0.1, 0.15) is 38.3 Å². The third-order valence-corrected chi connectivity index (χ3v) is 5.53. The molecule has 1 aliphatic heterocycles. The summed E-state index contributed by atoms with van der Waals surface area (Å²) in [6.45, 7) is 6.89. The van der Waals surface area contributed by atoms with Gasteiger partial charge in [0.05, 0.1) is 17.5 Å². The van der Waals surface area contributed by atoms with Crippen molar-refractivity contribution >= 4 is 16.6 Å². The van der Waals surface area contributed by atoms with Crippen LogP contribution in [-0.4, -0.2) is 27.6 Å². The van der Waals surface area contributed by atoms with E-state index in [2.05, 4.69) is 53.0 Å². The van der Waals surface area contributed by atoms with Gasteiger partial charge in [-0.25, -0.2) is 4.98 Å². The second-order valence-electron chi connectivity index (χ2n) is 7.74. The first-order valence-corrected chi connectivity index (χ1v) is 9.77. The number of aromatic nitrogens is 3. The number of hydrogen-bond acceptors (Lipinski definition) is 4. The van der Waals surface area contributed by atoms with Gasteiger partial charge in [-0.1, -0.05) is 32.0 Å². The van der Waals surface area contributed by atoms with Gasteiger partial charge in [-0.3, -0.25) is 14.3 Å². The minimum absolute atomic E-state index is 0.0660. The molecule has 0 saturated carbocycles. The Morgan fingerprint density at radius 1 is 1.11 bits per heavy atom. The van der Waals surface area contributed by atoms with Gasteiger partial charge in [0.2, 0.25) is 0 Å². The normalized spacial score (nSPS) is 15.6. The summed E-state index contributed by atoms with van der Waals surface area (Å²) in [5, 5.41) is 1.21. The average molecular weight is 362 g/mol. The van der Waals surface area contributed by atoms with Gasteiger partial charge in [-0.05, 0) is 36.8 Å². The molecule has 0 radical (unpaired) electrons. The van der Waals surface area contributed by atoms with Gasteiger partial charge >= 0.3 is 0 Å². The first-order chi connectivity index (χ1) is 13.1. The molecule has 0 unspecified atom stereocenters. The molecule has 0 amide bonds. The second-order valence-corrected chi connectivity index (χ2v) is 7.74. The monoisotopic (exact) mass is 362 g/mol. The predicted molar refractivity (Wildman–Crippen MR) is 109 cm³/mol. The summed E-state index contributed by atoms with van der Waals surface area (Å²) >= 11 is 0. The number of rotatable bonds is 4. The van der Waals surface area contributed by atoms with E-state index >= 15 is 0 Å². The predicted octanol–water partition coefficient (Wildman–Crippen LogP) is 3.83. The molecule has 4 rings (SSSR count). The summed E-state index contributed by atoms with van der Waals surface area (Å²) in [5.74, 6) is 0.796. The van der Waals surface area contributed by atoms with Crippen LogP contribution in [0.2, 0.25) is 0 Å². The molecule has 0 aliphatic carbocycles. The fourth-order valence-corrected chi connectivity index (χ4v) is 3.88. The Morgan fingerprint density at radius 2 is 1.89 bits per heavy atom. The highest BCUT2D eigenvalue weighted by Gasteiger charge is 2.21. The van der Waals surface area contributed by atoms with Crippen molar-refractivity contribution in [2.24, 2.45) is 5.92 Å². The Kier molecular flexibility index (Phi) is 4.92. The molecule has 140 valence electrons. The number of hydrogen-bond donors (Lipinski definition) is 0. The smallest absolute Gasteiger partial charge is 0.253 e. The SMILES string of the molecule is CC(C)c1cc(=O)n(CC2CCN(c3ccnc4ccccc34)CC2)cn1. The molecular formula is C22H26N4O. The van der Waals surface area contributed by atoms with Crippen molar-refractivity contribution < 1.29 is 0 Å². The maximum absolute atomic E-state index is 12.4. The Balaban J connectivity index is 1.44. The Bertz CT molecular complexity index is 982. The highest BCUT2D eigenvalue weighted by Crippen LogP contribution is 2.29. The molecule has 3 aromatic rings. The lowest BCUT2D eigenvalue weighted by molar-refractivity contribution is 0.351. The van der Waals surface area contributed by atoms with Gasteiger partial charge in [-0.2, -0.15) is 0 Å². The number of pyridine rings is 1. The quantitative estimate of drug-likeness (QED) is 0.708. The summed E-state index contributed by atoms with van der Waals surface area (Å²) in [5.41, 5.74) is 3.24. The molecule has 1 saturated heterocycles. The molecule has 5 heteroatoms. The lowest BCUT2D eigenvalue weighted by Gasteiger charge is -2.34. The largest absolute Gasteiger partial charge is 0.371 e. The van der Waals surface area contributed by atoms with Crippen molar-refractivity contribution in [3.05, 3.63) is 65.0 Å². The van der Waals surface area contributed by atoms with Crippen LogP contribution in [0.5, 0.6) is 0 Å². The van der Waals surface area contributed by atoms with Crippen molar-refractivity contribution in [1.82, 2.24) is 14.5 Å². The number of anilines is 1. The molecule has 2 aromatic heterocycles. The highest BCUT2D eigenvalue weighted by atomic mass is 16.1. The van der Waals surface area contributed by atoms with Crippen LogP contribution in [0.25, 0.3) is 10.9 Å². The third kappa shape index (κ3) is 3.72. The summed E-state index contributed by atoms with van der Waals surface area (Å²) in [4.78, 5) is 23.7. The lowest BCUT2D eigenvalue weighted by Crippen LogP contribution is -2.36. The maximum Gasteiger partial charge on any atom is 0.253 e. The molecule has 0 bridgehead atoms. The third-order valence-electron chi connectivity index (χ3n) is 5.53. The zero-order valence-corrected chi connectivity index (χ0v) is 16.0. The van der Waals surface area contributed by atoms with Gasteiger partial charge in [0.1, 0.15) is 0 Å². The lowest BCUT2D eigenvalue weighted by atomic mass is 9.96. The van der Waals surface area contributed by atoms with Gasteiger partial charge in [-0.15, -0.1) is 0 Å². The van der Waals surface area contributed by atoms with Crippen molar-refractivity contribution in [1.29, 1.82) is 0 Å². The number of piperidine rings is 1. The van der Waals surface area contributed by atoms with E-state index in [4.69, 9.17) is 0 Å². The Hall–Kier alpha value is -2.69. The molecule has 27 heavy (non-hydrogen) atoms. The molecule has 0 N–H and O–H groups in total. The van der Waals surface area contributed by atoms with Crippen LogP contribution < -0.4 is 10.5 Å². The van der Waals surface area contributed by atoms with E-state index in [1.165, 1.54) is 11.1 Å². The minimum Gasteiger partial charge on any atom is -0.371 e. The summed E-state index contributed by atoms with van der Waals surface area (Å²) in [6.07, 6.45) is 5.77. The van der Waals surface area contributed by atoms with Crippen LogP contribution in [0.3, 0.4) is 0 Å². The topological polar surface area (TPSA) is 51.0 Å². The van der Waals surface area contributed by atoms with E-state index in [1.807, 2.05) is 12.3 Å². The van der Waals surface area contributed by atoms with Gasteiger partial charge in [0.15, 0.2) is 0 Å². The summed E-state index contributed by atoms with van der Waals surface area (Å²) in [6, 6.07) is 12.1. The average Bonchev–Trinajstić information content (AvgIpc) is 2.69. The number of para-hydroxylation sites is 1. The molecule has 0 atom stereocenters. The molecule has 5 nitrogen and oxygen atoms in total. The molecule has 3 heterocycles. The molecular weight excluding hydrogens is 336 g/mol. The van der Waals surface area contributed by atoms with Crippen LogP contribution in [0.15, 0.2) is 53.7 Å². The van der Waals surface area contributed by atoms with Crippen LogP contribution in [0, 0.1) is 5.92 Å². The first kappa shape index (κ1) is 17.7. The number of benzene rings is 1. The zero-order valence-electron chi connectivity index (χ0n) is 16.0. The summed E-state index contributed by atoms with van der Waals surface area (Å²) < 4.78 is 1.77. The van der Waals surface area contributed by atoms with E-state index < -0.39 is 0 Å². The van der Waals surface area contributed by atoms with Gasteiger partial charge in [0, 0.05) is 43.0 Å². The standard InChI is InChI=1S/C22H26N4O/c1-16(2)20-13-22(27)26(15-24-20)14-17-8-11-25(12-9-17)21-7-10-23-19-6-4-3-5-18(19)21/h3-7,10,13,15-17H,8-9,11-12,14H2,1-2H3. The van der Waals surface area contributed by atoms with E-state index in [0.29, 0.717) is 5.92 Å². The fraction of sp³-hybridized carbons (Fsp3) is 0.409. The number of nitrogens with zero attached hydrogens (tertiary/aromatic N) is 4. The second kappa shape index (κ2) is 7.51. The van der Waals surface area contributed by atoms with Crippen LogP contribution in [-0.2, 0) is 6.54 Å². The number of fused-ring (bicyclic) bond motifs is 1. The van der Waals surface area contributed by atoms with Gasteiger partial charge in [0.25, 0.3) is 5.56 Å². The van der Waals surface area contributed by atoms with Crippen LogP contribution in [0.4, 0.5) is 5.69 Å². The van der Waals surface area contributed by atoms with Crippen molar-refractivity contribution in [2.45, 2.75) is 39.2 Å². The van der Waals surface area contributed by atoms with Crippen LogP contribution >= 0.6 is 0 Å². The maximum atomic E-state index is 12.4. The van der Waals surface area contributed by atoms with Crippen molar-refractivity contribution in [3.63, 3.8) is 0 Å². The fourth-order valence-electron chi connectivity index (χ4n) is 3.88. The van der Waals surface area contributed by atoms with Crippen molar-refractivity contribution in [3.8, 4) is 0 Å². The molecule has 1 fully saturated rings. The van der Waals surface area contributed by atoms with Crippen molar-refractivity contribution in [2.75, 3.05) is 18.0 Å². The highest BCUT2D eigenvalue weighted by molar-refractivity contribution is 5.91. The Morgan fingerprint density at radius 3 is 2.63 bits per heavy atom. The first-order valence-electron chi connectivity index (χ1n) is 9.77. The minimum atomic E-state index is 0.0660.